The van der Waals surface area contributed by atoms with Crippen LogP contribution in [-0.4, -0.2) is 52.0 Å². The highest BCUT2D eigenvalue weighted by Crippen LogP contribution is 2.40. The first-order valence-corrected chi connectivity index (χ1v) is 10.0. The van der Waals surface area contributed by atoms with E-state index < -0.39 is 0 Å². The van der Waals surface area contributed by atoms with E-state index in [-0.39, 0.29) is 18.0 Å². The molecule has 0 saturated carbocycles. The molecule has 0 unspecified atom stereocenters. The molecule has 1 aromatic heterocycles. The highest BCUT2D eigenvalue weighted by molar-refractivity contribution is 5.92. The van der Waals surface area contributed by atoms with Crippen LogP contribution in [0, 0.1) is 6.92 Å². The molecule has 0 aliphatic carbocycles. The highest BCUT2D eigenvalue weighted by atomic mass is 16.7. The van der Waals surface area contributed by atoms with Crippen LogP contribution < -0.4 is 24.5 Å². The van der Waals surface area contributed by atoms with E-state index in [9.17, 15) is 4.79 Å². The maximum atomic E-state index is 13.4. The summed E-state index contributed by atoms with van der Waals surface area (Å²) < 4.78 is 22.8. The normalized spacial score (nSPS) is 16.3. The summed E-state index contributed by atoms with van der Waals surface area (Å²) in [6, 6.07) is 9.44. The fourth-order valence-electron chi connectivity index (χ4n) is 4.10. The zero-order valence-electron chi connectivity index (χ0n) is 17.4. The predicted molar refractivity (Wildman–Crippen MR) is 115 cm³/mol. The van der Waals surface area contributed by atoms with Gasteiger partial charge in [-0.05, 0) is 49.9 Å². The first-order valence-electron chi connectivity index (χ1n) is 10.0. The van der Waals surface area contributed by atoms with Crippen molar-refractivity contribution in [2.45, 2.75) is 6.92 Å². The number of nitrogens with zero attached hydrogens (tertiary/aromatic N) is 2. The summed E-state index contributed by atoms with van der Waals surface area (Å²) in [5.41, 5.74) is 3.08. The van der Waals surface area contributed by atoms with Crippen LogP contribution >= 0.6 is 0 Å². The third kappa shape index (κ3) is 3.06. The fourth-order valence-corrected chi connectivity index (χ4v) is 4.10. The lowest BCUT2D eigenvalue weighted by molar-refractivity contribution is 0.174. The molecule has 0 N–H and O–H groups in total. The molecule has 5 rings (SSSR count). The predicted octanol–water partition coefficient (Wildman–Crippen LogP) is 3.26. The summed E-state index contributed by atoms with van der Waals surface area (Å²) in [7, 11) is 3.61. The topological polar surface area (TPSA) is 64.4 Å². The Morgan fingerprint density at radius 2 is 1.77 bits per heavy atom. The van der Waals surface area contributed by atoms with Crippen LogP contribution in [-0.2, 0) is 0 Å². The summed E-state index contributed by atoms with van der Waals surface area (Å²) in [5.74, 6) is 1.89. The number of aryl methyl sites for hydroxylation is 1. The Kier molecular flexibility index (Phi) is 4.55. The molecule has 2 aliphatic rings. The molecule has 156 valence electrons. The average molecular weight is 408 g/mol. The highest BCUT2D eigenvalue weighted by Gasteiger charge is 2.24. The molecule has 1 fully saturated rings. The number of ether oxygens (including phenoxy) is 3. The molecule has 2 aromatic carbocycles. The lowest BCUT2D eigenvalue weighted by atomic mass is 10.1. The standard InChI is InChI=1S/C23H24N2O5/c1-14-10-16-20(26)23(27-3)21(15-4-5-18-19(12-15)29-13-28-18)30-22(16)17(11-14)25-8-6-24(2)7-9-25/h4-5,10-12H,6-9,13H2,1-3H3. The van der Waals surface area contributed by atoms with E-state index in [1.54, 1.807) is 0 Å². The molecule has 0 amide bonds. The summed E-state index contributed by atoms with van der Waals surface area (Å²) in [4.78, 5) is 17.9. The van der Waals surface area contributed by atoms with Crippen molar-refractivity contribution in [3.05, 3.63) is 46.1 Å². The quantitative estimate of drug-likeness (QED) is 0.659. The van der Waals surface area contributed by atoms with Crippen molar-refractivity contribution in [3.63, 3.8) is 0 Å². The van der Waals surface area contributed by atoms with E-state index >= 15 is 0 Å². The van der Waals surface area contributed by atoms with Crippen LogP contribution in [0.3, 0.4) is 0 Å². The van der Waals surface area contributed by atoms with E-state index in [4.69, 9.17) is 18.6 Å². The SMILES string of the molecule is COc1c(-c2ccc3c(c2)OCO3)oc2c(N3CCN(C)CC3)cc(C)cc2c1=O. The molecule has 3 aromatic rings. The monoisotopic (exact) mass is 408 g/mol. The number of benzene rings is 2. The molecule has 30 heavy (non-hydrogen) atoms. The van der Waals surface area contributed by atoms with E-state index in [1.807, 2.05) is 31.2 Å². The van der Waals surface area contributed by atoms with E-state index in [1.165, 1.54) is 7.11 Å². The van der Waals surface area contributed by atoms with Crippen LogP contribution in [0.2, 0.25) is 0 Å². The second-order valence-electron chi connectivity index (χ2n) is 7.81. The molecule has 1 saturated heterocycles. The smallest absolute Gasteiger partial charge is 0.235 e. The third-order valence-electron chi connectivity index (χ3n) is 5.76. The fraction of sp³-hybridized carbons (Fsp3) is 0.348. The van der Waals surface area contributed by atoms with Crippen LogP contribution in [0.15, 0.2) is 39.5 Å². The van der Waals surface area contributed by atoms with Gasteiger partial charge >= 0.3 is 0 Å². The van der Waals surface area contributed by atoms with Crippen molar-refractivity contribution in [2.75, 3.05) is 52.0 Å². The third-order valence-corrected chi connectivity index (χ3v) is 5.76. The maximum absolute atomic E-state index is 13.4. The van der Waals surface area contributed by atoms with E-state index in [0.717, 1.165) is 37.4 Å². The average Bonchev–Trinajstić information content (AvgIpc) is 3.22. The Morgan fingerprint density at radius 1 is 1.00 bits per heavy atom. The van der Waals surface area contributed by atoms with Gasteiger partial charge in [0.15, 0.2) is 22.8 Å². The lowest BCUT2D eigenvalue weighted by Gasteiger charge is -2.34. The summed E-state index contributed by atoms with van der Waals surface area (Å²) in [6.07, 6.45) is 0. The van der Waals surface area contributed by atoms with Gasteiger partial charge in [-0.3, -0.25) is 4.79 Å². The van der Waals surface area contributed by atoms with Gasteiger partial charge < -0.3 is 28.4 Å². The minimum Gasteiger partial charge on any atom is -0.490 e. The molecule has 0 spiro atoms. The lowest BCUT2D eigenvalue weighted by Crippen LogP contribution is -2.44. The summed E-state index contributed by atoms with van der Waals surface area (Å²) in [6.45, 7) is 5.87. The number of hydrogen-bond acceptors (Lipinski definition) is 7. The molecule has 2 aliphatic heterocycles. The van der Waals surface area contributed by atoms with Crippen molar-refractivity contribution in [1.82, 2.24) is 4.90 Å². The summed E-state index contributed by atoms with van der Waals surface area (Å²) in [5, 5.41) is 0.533. The van der Waals surface area contributed by atoms with Gasteiger partial charge in [0.25, 0.3) is 0 Å². The van der Waals surface area contributed by atoms with Gasteiger partial charge in [0.1, 0.15) is 0 Å². The van der Waals surface area contributed by atoms with Crippen molar-refractivity contribution in [2.24, 2.45) is 0 Å². The zero-order valence-corrected chi connectivity index (χ0v) is 17.4. The van der Waals surface area contributed by atoms with E-state index in [0.29, 0.717) is 33.8 Å². The van der Waals surface area contributed by atoms with E-state index in [2.05, 4.69) is 22.9 Å². The molecule has 7 heteroatoms. The minimum atomic E-state index is -0.175. The Balaban J connectivity index is 1.73. The number of fused-ring (bicyclic) bond motifs is 2. The molecular formula is C23H24N2O5. The van der Waals surface area contributed by atoms with Crippen LogP contribution in [0.1, 0.15) is 5.56 Å². The second-order valence-corrected chi connectivity index (χ2v) is 7.81. The van der Waals surface area contributed by atoms with Crippen LogP contribution in [0.4, 0.5) is 5.69 Å². The number of methoxy groups -OCH3 is 1. The molecule has 3 heterocycles. The van der Waals surface area contributed by atoms with Gasteiger partial charge in [0, 0.05) is 31.7 Å². The van der Waals surface area contributed by atoms with Gasteiger partial charge in [0.2, 0.25) is 18.0 Å². The molecule has 7 nitrogen and oxygen atoms in total. The van der Waals surface area contributed by atoms with Crippen LogP contribution in [0.25, 0.3) is 22.3 Å². The Labute approximate surface area is 174 Å². The van der Waals surface area contributed by atoms with Gasteiger partial charge in [-0.15, -0.1) is 0 Å². The number of anilines is 1. The molecule has 0 bridgehead atoms. The van der Waals surface area contributed by atoms with Crippen LogP contribution in [0.5, 0.6) is 17.2 Å². The van der Waals surface area contributed by atoms with Crippen molar-refractivity contribution in [3.8, 4) is 28.6 Å². The second kappa shape index (κ2) is 7.25. The van der Waals surface area contributed by atoms with Gasteiger partial charge in [-0.2, -0.15) is 0 Å². The zero-order chi connectivity index (χ0) is 20.8. The molecule has 0 atom stereocenters. The maximum Gasteiger partial charge on any atom is 0.235 e. The largest absolute Gasteiger partial charge is 0.490 e. The number of likely N-dealkylation sites (N-methyl/N-ethyl adjacent to an activating group) is 1. The number of piperazine rings is 1. The number of rotatable bonds is 3. The summed E-state index contributed by atoms with van der Waals surface area (Å²) >= 11 is 0. The first-order chi connectivity index (χ1) is 14.5. The van der Waals surface area contributed by atoms with Crippen molar-refractivity contribution in [1.29, 1.82) is 0 Å². The number of hydrogen-bond donors (Lipinski definition) is 0. The molecule has 0 radical (unpaired) electrons. The van der Waals surface area contributed by atoms with Gasteiger partial charge in [0.05, 0.1) is 18.2 Å². The van der Waals surface area contributed by atoms with Crippen molar-refractivity contribution >= 4 is 16.7 Å². The Bertz CT molecular complexity index is 1180. The Morgan fingerprint density at radius 3 is 2.53 bits per heavy atom. The van der Waals surface area contributed by atoms with Gasteiger partial charge in [-0.1, -0.05) is 0 Å². The molecular weight excluding hydrogens is 384 g/mol. The van der Waals surface area contributed by atoms with Crippen molar-refractivity contribution < 1.29 is 18.6 Å². The minimum absolute atomic E-state index is 0.175. The Hall–Kier alpha value is -3.19. The van der Waals surface area contributed by atoms with Gasteiger partial charge in [-0.25, -0.2) is 0 Å². The first kappa shape index (κ1) is 18.8.